The second-order valence-corrected chi connectivity index (χ2v) is 14.6. The van der Waals surface area contributed by atoms with Crippen LogP contribution < -0.4 is 36.5 Å². The van der Waals surface area contributed by atoms with E-state index in [0.717, 1.165) is 30.5 Å². The van der Waals surface area contributed by atoms with Crippen LogP contribution in [0.5, 0.6) is 11.5 Å². The summed E-state index contributed by atoms with van der Waals surface area (Å²) < 4.78 is 18.2. The molecule has 18 nitrogen and oxygen atoms in total. The molecule has 0 spiro atoms. The summed E-state index contributed by atoms with van der Waals surface area (Å²) in [4.78, 5) is 66.9. The summed E-state index contributed by atoms with van der Waals surface area (Å²) in [5.41, 5.74) is 6.12. The van der Waals surface area contributed by atoms with Crippen molar-refractivity contribution in [3.63, 3.8) is 0 Å². The van der Waals surface area contributed by atoms with Crippen molar-refractivity contribution in [1.29, 1.82) is 5.41 Å². The molecular formula is C37H54N8O10. The van der Waals surface area contributed by atoms with Crippen LogP contribution >= 0.6 is 0 Å². The van der Waals surface area contributed by atoms with Crippen LogP contribution in [-0.2, 0) is 30.3 Å². The van der Waals surface area contributed by atoms with Crippen LogP contribution in [-0.4, -0.2) is 132 Å². The maximum atomic E-state index is 13.9. The zero-order valence-corrected chi connectivity index (χ0v) is 31.8. The molecule has 1 aromatic rings. The third kappa shape index (κ3) is 9.07. The van der Waals surface area contributed by atoms with E-state index in [2.05, 4.69) is 26.2 Å². The monoisotopic (exact) mass is 770 g/mol. The van der Waals surface area contributed by atoms with Crippen LogP contribution in [0.2, 0.25) is 0 Å². The second kappa shape index (κ2) is 17.6. The molecule has 2 heterocycles. The Bertz CT molecular complexity index is 1690. The lowest BCUT2D eigenvalue weighted by atomic mass is 9.63. The third-order valence-electron chi connectivity index (χ3n) is 11.1. The normalized spacial score (nSPS) is 24.6. The molecule has 1 aromatic carbocycles. The number of likely N-dealkylation sites (tertiary alicyclic amines) is 1. The number of rotatable bonds is 16. The Labute approximate surface area is 320 Å². The van der Waals surface area contributed by atoms with Crippen molar-refractivity contribution in [2.24, 2.45) is 5.73 Å². The summed E-state index contributed by atoms with van der Waals surface area (Å²) in [6.45, 7) is 4.86. The van der Waals surface area contributed by atoms with Gasteiger partial charge in [-0.15, -0.1) is 0 Å². The Kier molecular flexibility index (Phi) is 13.1. The SMILES string of the molecule is CCN(C)[C@@H]1Cc2ccc(OC)c3c2C2[C@@H](O3)C(OC(=O)N3CCCCC3CNC(=O)[C@H](CCCNC(=N)N)NC(=O)[C@H](C)NC(=O)CC(=O)O)=CC[C@]21O. The van der Waals surface area contributed by atoms with Crippen LogP contribution in [0.1, 0.15) is 75.8 Å². The van der Waals surface area contributed by atoms with Gasteiger partial charge >= 0.3 is 12.1 Å². The van der Waals surface area contributed by atoms with Crippen molar-refractivity contribution < 1.29 is 48.4 Å². The van der Waals surface area contributed by atoms with Crippen LogP contribution in [0.25, 0.3) is 0 Å². The van der Waals surface area contributed by atoms with Crippen LogP contribution in [0.3, 0.4) is 0 Å². The lowest BCUT2D eigenvalue weighted by Crippen LogP contribution is -2.61. The van der Waals surface area contributed by atoms with E-state index < -0.39 is 72.0 Å². The molecule has 0 aromatic heterocycles. The maximum Gasteiger partial charge on any atom is 0.415 e. The van der Waals surface area contributed by atoms with E-state index in [1.165, 1.54) is 6.92 Å². The maximum absolute atomic E-state index is 13.9. The number of nitrogens with two attached hydrogens (primary N) is 1. The third-order valence-corrected chi connectivity index (χ3v) is 11.1. The van der Waals surface area contributed by atoms with Gasteiger partial charge in [-0.1, -0.05) is 13.0 Å². The van der Waals surface area contributed by atoms with Crippen LogP contribution in [0, 0.1) is 5.41 Å². The molecule has 2 unspecified atom stereocenters. The summed E-state index contributed by atoms with van der Waals surface area (Å²) in [7, 11) is 3.55. The molecule has 55 heavy (non-hydrogen) atoms. The number of hydrogen-bond donors (Lipinski definition) is 8. The number of benzene rings is 1. The van der Waals surface area contributed by atoms with Gasteiger partial charge in [-0.05, 0) is 76.7 Å². The van der Waals surface area contributed by atoms with Gasteiger partial charge in [0.15, 0.2) is 23.6 Å². The summed E-state index contributed by atoms with van der Waals surface area (Å²) in [6, 6.07) is 1.08. The number of carboxylic acids is 1. The zero-order chi connectivity index (χ0) is 40.0. The molecule has 2 aliphatic heterocycles. The number of methoxy groups -OCH3 is 1. The number of nitrogens with one attached hydrogen (secondary N) is 5. The van der Waals surface area contributed by atoms with Crippen LogP contribution in [0.15, 0.2) is 24.0 Å². The number of nitrogens with zero attached hydrogens (tertiary/aromatic N) is 2. The molecule has 9 N–H and O–H groups in total. The van der Waals surface area contributed by atoms with E-state index in [1.54, 1.807) is 18.1 Å². The number of hydrogen-bond acceptors (Lipinski definition) is 11. The second-order valence-electron chi connectivity index (χ2n) is 14.6. The standard InChI is InChI=1S/C37H54N8O10/c1-5-44(3)26-17-21-11-12-24(53-4)31-29(21)30-32(55-31)25(13-14-37(26,30)52)54-36(51)45-16-7-6-9-22(45)19-41-34(50)23(10-8-15-40-35(38)39)43-33(49)20(2)42-27(46)18-28(47)48/h11-13,20,22-23,26,30,32,52H,5-10,14-19H2,1-4H3,(H,41,50)(H,42,46)(H,43,49)(H,47,48)(H4,38,39,40)/t20-,22?,23-,26+,30?,32-,37+/m0/s1. The number of aliphatic carboxylic acids is 1. The van der Waals surface area contributed by atoms with E-state index in [1.807, 2.05) is 26.1 Å². The van der Waals surface area contributed by atoms with Gasteiger partial charge in [0.25, 0.3) is 0 Å². The highest BCUT2D eigenvalue weighted by atomic mass is 16.6. The van der Waals surface area contributed by atoms with Crippen molar-refractivity contribution in [3.05, 3.63) is 35.1 Å². The van der Waals surface area contributed by atoms with Crippen molar-refractivity contribution in [1.82, 2.24) is 31.1 Å². The average molecular weight is 771 g/mol. The topological polar surface area (TPSA) is 258 Å². The molecule has 4 amide bonds. The molecular weight excluding hydrogens is 716 g/mol. The number of guanidine groups is 1. The Hall–Kier alpha value is -5.10. The lowest BCUT2D eigenvalue weighted by Gasteiger charge is -2.50. The minimum Gasteiger partial charge on any atom is -0.493 e. The summed E-state index contributed by atoms with van der Waals surface area (Å²) in [5.74, 6) is -2.77. The lowest BCUT2D eigenvalue weighted by molar-refractivity contribution is -0.141. The molecule has 0 radical (unpaired) electrons. The summed E-state index contributed by atoms with van der Waals surface area (Å²) >= 11 is 0. The van der Waals surface area contributed by atoms with Crippen molar-refractivity contribution in [2.75, 3.05) is 40.3 Å². The fourth-order valence-corrected chi connectivity index (χ4v) is 8.14. The van der Waals surface area contributed by atoms with Gasteiger partial charge in [-0.2, -0.15) is 0 Å². The predicted octanol–water partition coefficient (Wildman–Crippen LogP) is 0.270. The first-order valence-electron chi connectivity index (χ1n) is 18.8. The molecule has 18 heteroatoms. The van der Waals surface area contributed by atoms with E-state index in [9.17, 15) is 29.1 Å². The number of carbonyl (C=O) groups excluding carboxylic acids is 4. The Morgan fingerprint density at radius 3 is 2.62 bits per heavy atom. The van der Waals surface area contributed by atoms with Crippen molar-refractivity contribution >= 4 is 35.7 Å². The van der Waals surface area contributed by atoms with Gasteiger partial charge < -0.3 is 61.2 Å². The number of aliphatic hydroxyl groups is 1. The van der Waals surface area contributed by atoms with Crippen molar-refractivity contribution in [3.8, 4) is 11.5 Å². The quantitative estimate of drug-likeness (QED) is 0.0487. The molecule has 2 aliphatic carbocycles. The highest BCUT2D eigenvalue weighted by Gasteiger charge is 2.60. The van der Waals surface area contributed by atoms with E-state index >= 15 is 0 Å². The van der Waals surface area contributed by atoms with E-state index in [0.29, 0.717) is 43.1 Å². The van der Waals surface area contributed by atoms with Crippen molar-refractivity contribution in [2.45, 2.75) is 107 Å². The number of ether oxygens (including phenoxy) is 3. The first kappa shape index (κ1) is 41.1. The predicted molar refractivity (Wildman–Crippen MR) is 198 cm³/mol. The number of piperidine rings is 1. The van der Waals surface area contributed by atoms with Gasteiger partial charge in [0.2, 0.25) is 17.7 Å². The smallest absolute Gasteiger partial charge is 0.415 e. The highest BCUT2D eigenvalue weighted by Crippen LogP contribution is 2.59. The number of carboxylic acid groups (broad SMARTS) is 1. The number of amides is 4. The van der Waals surface area contributed by atoms with Crippen LogP contribution in [0.4, 0.5) is 4.79 Å². The minimum absolute atomic E-state index is 0.0648. The first-order valence-corrected chi connectivity index (χ1v) is 18.8. The molecule has 1 saturated heterocycles. The van der Waals surface area contributed by atoms with Gasteiger partial charge in [-0.25, -0.2) is 4.79 Å². The van der Waals surface area contributed by atoms with Gasteiger partial charge in [0.1, 0.15) is 24.3 Å². The average Bonchev–Trinajstić information content (AvgIpc) is 3.57. The van der Waals surface area contributed by atoms with Gasteiger partial charge in [-0.3, -0.25) is 24.6 Å². The Morgan fingerprint density at radius 2 is 1.93 bits per heavy atom. The fraction of sp³-hybridized carbons (Fsp3) is 0.622. The molecule has 4 aliphatic rings. The van der Waals surface area contributed by atoms with Gasteiger partial charge in [0.05, 0.1) is 24.7 Å². The Balaban J connectivity index is 1.27. The molecule has 1 fully saturated rings. The van der Waals surface area contributed by atoms with Gasteiger partial charge in [0, 0.05) is 37.7 Å². The van der Waals surface area contributed by atoms with E-state index in [-0.39, 0.29) is 37.9 Å². The highest BCUT2D eigenvalue weighted by molar-refractivity contribution is 5.96. The zero-order valence-electron chi connectivity index (χ0n) is 31.8. The molecule has 0 bridgehead atoms. The summed E-state index contributed by atoms with van der Waals surface area (Å²) in [6.07, 6.45) is 3.07. The number of likely N-dealkylation sites (N-methyl/N-ethyl adjacent to an activating group) is 1. The Morgan fingerprint density at radius 1 is 1.16 bits per heavy atom. The summed E-state index contributed by atoms with van der Waals surface area (Å²) in [5, 5.41) is 39.0. The fourth-order valence-electron chi connectivity index (χ4n) is 8.14. The first-order chi connectivity index (χ1) is 26.2. The largest absolute Gasteiger partial charge is 0.493 e. The molecule has 7 atom stereocenters. The molecule has 5 rings (SSSR count). The minimum atomic E-state index is -1.35. The number of carbonyl (C=O) groups is 5. The molecule has 302 valence electrons. The molecule has 0 saturated carbocycles. The van der Waals surface area contributed by atoms with E-state index in [4.69, 9.17) is 30.5 Å².